The zero-order valence-corrected chi connectivity index (χ0v) is 12.2. The van der Waals surface area contributed by atoms with Gasteiger partial charge in [0.15, 0.2) is 0 Å². The second-order valence-electron chi connectivity index (χ2n) is 5.52. The van der Waals surface area contributed by atoms with Gasteiger partial charge >= 0.3 is 0 Å². The average molecular weight is 276 g/mol. The van der Waals surface area contributed by atoms with E-state index >= 15 is 0 Å². The highest BCUT2D eigenvalue weighted by molar-refractivity contribution is 5.40. The van der Waals surface area contributed by atoms with Crippen LogP contribution in [0, 0.1) is 0 Å². The van der Waals surface area contributed by atoms with E-state index in [9.17, 15) is 0 Å². The molecule has 0 aliphatic carbocycles. The molecule has 0 spiro atoms. The van der Waals surface area contributed by atoms with E-state index < -0.39 is 0 Å². The van der Waals surface area contributed by atoms with Gasteiger partial charge in [0.2, 0.25) is 0 Å². The fourth-order valence-corrected chi connectivity index (χ4v) is 3.14. The van der Waals surface area contributed by atoms with Crippen LogP contribution in [0.2, 0.25) is 0 Å². The standard InChI is InChI=1S/C16H24N2O2/c1-17-6-4-15(18-7-10-19-11-8-18)13-2-3-16-14(12-13)5-9-20-16/h2-3,12,15,17H,4-11H2,1H3. The van der Waals surface area contributed by atoms with Gasteiger partial charge < -0.3 is 14.8 Å². The van der Waals surface area contributed by atoms with Gasteiger partial charge in [-0.05, 0) is 37.2 Å². The number of fused-ring (bicyclic) bond motifs is 1. The maximum atomic E-state index is 5.61. The summed E-state index contributed by atoms with van der Waals surface area (Å²) < 4.78 is 11.1. The largest absolute Gasteiger partial charge is 0.493 e. The smallest absolute Gasteiger partial charge is 0.122 e. The van der Waals surface area contributed by atoms with Crippen molar-refractivity contribution in [2.75, 3.05) is 46.5 Å². The second kappa shape index (κ2) is 6.57. The van der Waals surface area contributed by atoms with Gasteiger partial charge in [0.25, 0.3) is 0 Å². The van der Waals surface area contributed by atoms with Gasteiger partial charge in [-0.3, -0.25) is 4.90 Å². The van der Waals surface area contributed by atoms with Crippen LogP contribution in [0.25, 0.3) is 0 Å². The summed E-state index contributed by atoms with van der Waals surface area (Å²) in [7, 11) is 2.02. The molecule has 4 nitrogen and oxygen atoms in total. The first kappa shape index (κ1) is 13.9. The lowest BCUT2D eigenvalue weighted by Gasteiger charge is -2.35. The second-order valence-corrected chi connectivity index (χ2v) is 5.52. The van der Waals surface area contributed by atoms with Crippen molar-refractivity contribution in [3.05, 3.63) is 29.3 Å². The Labute approximate surface area is 121 Å². The minimum absolute atomic E-state index is 0.484. The maximum Gasteiger partial charge on any atom is 0.122 e. The predicted molar refractivity (Wildman–Crippen MR) is 79.3 cm³/mol. The number of hydrogen-bond donors (Lipinski definition) is 1. The first-order chi connectivity index (χ1) is 9.88. The number of nitrogens with one attached hydrogen (secondary N) is 1. The molecule has 0 saturated carbocycles. The van der Waals surface area contributed by atoms with Gasteiger partial charge in [-0.1, -0.05) is 12.1 Å². The van der Waals surface area contributed by atoms with Crippen LogP contribution in [0.1, 0.15) is 23.6 Å². The number of hydrogen-bond acceptors (Lipinski definition) is 4. The van der Waals surface area contributed by atoms with Crippen molar-refractivity contribution < 1.29 is 9.47 Å². The highest BCUT2D eigenvalue weighted by atomic mass is 16.5. The van der Waals surface area contributed by atoms with E-state index in [-0.39, 0.29) is 0 Å². The molecule has 1 fully saturated rings. The zero-order chi connectivity index (χ0) is 13.8. The van der Waals surface area contributed by atoms with E-state index in [4.69, 9.17) is 9.47 Å². The first-order valence-electron chi connectivity index (χ1n) is 7.60. The molecular weight excluding hydrogens is 252 g/mol. The Hall–Kier alpha value is -1.10. The summed E-state index contributed by atoms with van der Waals surface area (Å²) >= 11 is 0. The van der Waals surface area contributed by atoms with Crippen LogP contribution in [-0.4, -0.2) is 51.4 Å². The normalized spacial score (nSPS) is 20.4. The molecule has 1 aromatic rings. The summed E-state index contributed by atoms with van der Waals surface area (Å²) in [4.78, 5) is 2.55. The molecule has 2 heterocycles. The lowest BCUT2D eigenvalue weighted by atomic mass is 9.98. The Balaban J connectivity index is 1.80. The Morgan fingerprint density at radius 1 is 1.25 bits per heavy atom. The van der Waals surface area contributed by atoms with Crippen LogP contribution in [0.5, 0.6) is 5.75 Å². The molecule has 1 atom stereocenters. The van der Waals surface area contributed by atoms with Crippen LogP contribution < -0.4 is 10.1 Å². The van der Waals surface area contributed by atoms with Crippen molar-refractivity contribution in [1.29, 1.82) is 0 Å². The number of rotatable bonds is 5. The zero-order valence-electron chi connectivity index (χ0n) is 12.2. The SMILES string of the molecule is CNCCC(c1ccc2c(c1)CCO2)N1CCOCC1. The Morgan fingerprint density at radius 2 is 2.10 bits per heavy atom. The highest BCUT2D eigenvalue weighted by Crippen LogP contribution is 2.31. The molecular formula is C16H24N2O2. The summed E-state index contributed by atoms with van der Waals surface area (Å²) in [5, 5.41) is 3.28. The van der Waals surface area contributed by atoms with Crippen molar-refractivity contribution in [3.8, 4) is 5.75 Å². The van der Waals surface area contributed by atoms with E-state index in [1.54, 1.807) is 0 Å². The highest BCUT2D eigenvalue weighted by Gasteiger charge is 2.23. The van der Waals surface area contributed by atoms with Crippen molar-refractivity contribution in [1.82, 2.24) is 10.2 Å². The molecule has 0 amide bonds. The third-order valence-electron chi connectivity index (χ3n) is 4.25. The van der Waals surface area contributed by atoms with E-state index in [1.165, 1.54) is 11.1 Å². The molecule has 0 radical (unpaired) electrons. The molecule has 1 aromatic carbocycles. The monoisotopic (exact) mass is 276 g/mol. The van der Waals surface area contributed by atoms with E-state index in [0.29, 0.717) is 6.04 Å². The minimum atomic E-state index is 0.484. The fourth-order valence-electron chi connectivity index (χ4n) is 3.14. The molecule has 20 heavy (non-hydrogen) atoms. The van der Waals surface area contributed by atoms with Crippen molar-refractivity contribution in [3.63, 3.8) is 0 Å². The molecule has 0 bridgehead atoms. The summed E-state index contributed by atoms with van der Waals surface area (Å²) in [6.07, 6.45) is 2.18. The molecule has 110 valence electrons. The molecule has 1 saturated heterocycles. The van der Waals surface area contributed by atoms with Gasteiger partial charge in [-0.2, -0.15) is 0 Å². The summed E-state index contributed by atoms with van der Waals surface area (Å²) in [5.74, 6) is 1.07. The van der Waals surface area contributed by atoms with Crippen molar-refractivity contribution in [2.24, 2.45) is 0 Å². The Morgan fingerprint density at radius 3 is 2.90 bits per heavy atom. The quantitative estimate of drug-likeness (QED) is 0.886. The predicted octanol–water partition coefficient (Wildman–Crippen LogP) is 1.60. The van der Waals surface area contributed by atoms with Crippen LogP contribution in [0.4, 0.5) is 0 Å². The number of nitrogens with zero attached hydrogens (tertiary/aromatic N) is 1. The van der Waals surface area contributed by atoms with Gasteiger partial charge in [-0.15, -0.1) is 0 Å². The number of morpholine rings is 1. The van der Waals surface area contributed by atoms with Gasteiger partial charge in [0.05, 0.1) is 19.8 Å². The first-order valence-corrected chi connectivity index (χ1v) is 7.60. The number of benzene rings is 1. The average Bonchev–Trinajstić information content (AvgIpc) is 2.96. The van der Waals surface area contributed by atoms with E-state index in [2.05, 4.69) is 28.4 Å². The Bertz CT molecular complexity index is 444. The molecule has 0 aromatic heterocycles. The van der Waals surface area contributed by atoms with Gasteiger partial charge in [0, 0.05) is 25.6 Å². The van der Waals surface area contributed by atoms with Crippen molar-refractivity contribution >= 4 is 0 Å². The van der Waals surface area contributed by atoms with Crippen LogP contribution in [0.15, 0.2) is 18.2 Å². The third-order valence-corrected chi connectivity index (χ3v) is 4.25. The molecule has 1 N–H and O–H groups in total. The maximum absolute atomic E-state index is 5.61. The van der Waals surface area contributed by atoms with E-state index in [0.717, 1.165) is 58.0 Å². The lowest BCUT2D eigenvalue weighted by molar-refractivity contribution is 0.0144. The molecule has 3 rings (SSSR count). The molecule has 2 aliphatic heterocycles. The summed E-state index contributed by atoms with van der Waals surface area (Å²) in [6, 6.07) is 7.21. The fraction of sp³-hybridized carbons (Fsp3) is 0.625. The molecule has 1 unspecified atom stereocenters. The van der Waals surface area contributed by atoms with Gasteiger partial charge in [-0.25, -0.2) is 0 Å². The summed E-state index contributed by atoms with van der Waals surface area (Å²) in [5.41, 5.74) is 2.79. The third kappa shape index (κ3) is 2.97. The molecule has 2 aliphatic rings. The topological polar surface area (TPSA) is 33.7 Å². The van der Waals surface area contributed by atoms with E-state index in [1.807, 2.05) is 7.05 Å². The van der Waals surface area contributed by atoms with Crippen molar-refractivity contribution in [2.45, 2.75) is 18.9 Å². The molecule has 4 heteroatoms. The Kier molecular flexibility index (Phi) is 4.55. The van der Waals surface area contributed by atoms with Crippen LogP contribution >= 0.6 is 0 Å². The van der Waals surface area contributed by atoms with Gasteiger partial charge in [0.1, 0.15) is 5.75 Å². The lowest BCUT2D eigenvalue weighted by Crippen LogP contribution is -2.40. The van der Waals surface area contributed by atoms with Crippen LogP contribution in [0.3, 0.4) is 0 Å². The number of ether oxygens (including phenoxy) is 2. The van der Waals surface area contributed by atoms with Crippen LogP contribution in [-0.2, 0) is 11.2 Å². The summed E-state index contributed by atoms with van der Waals surface area (Å²) in [6.45, 7) is 5.63. The minimum Gasteiger partial charge on any atom is -0.493 e.